The summed E-state index contributed by atoms with van der Waals surface area (Å²) in [6, 6.07) is 8.96. The molecule has 0 saturated carbocycles. The van der Waals surface area contributed by atoms with E-state index < -0.39 is 0 Å². The van der Waals surface area contributed by atoms with Gasteiger partial charge in [-0.25, -0.2) is 4.98 Å². The van der Waals surface area contributed by atoms with Crippen molar-refractivity contribution in [3.8, 4) is 0 Å². The number of aryl methyl sites for hydroxylation is 1. The van der Waals surface area contributed by atoms with E-state index in [0.717, 1.165) is 5.56 Å². The van der Waals surface area contributed by atoms with Crippen LogP contribution < -0.4 is 10.9 Å². The molecular formula is C17H16ClN3O2S. The number of thiophene rings is 1. The number of nitrogens with one attached hydrogen (secondary N) is 1. The Balaban J connectivity index is 1.64. The summed E-state index contributed by atoms with van der Waals surface area (Å²) in [5.41, 5.74) is 0.749. The van der Waals surface area contributed by atoms with Gasteiger partial charge in [0.2, 0.25) is 5.91 Å². The Morgan fingerprint density at radius 2 is 2.17 bits per heavy atom. The van der Waals surface area contributed by atoms with Crippen LogP contribution in [0.4, 0.5) is 0 Å². The summed E-state index contributed by atoms with van der Waals surface area (Å²) in [6.45, 7) is 2.17. The van der Waals surface area contributed by atoms with Crippen LogP contribution in [0.2, 0.25) is 5.02 Å². The largest absolute Gasteiger partial charge is 0.349 e. The highest BCUT2D eigenvalue weighted by Gasteiger charge is 2.13. The first kappa shape index (κ1) is 16.7. The van der Waals surface area contributed by atoms with Crippen LogP contribution in [-0.2, 0) is 11.3 Å². The number of nitrogens with zero attached hydrogens (tertiary/aromatic N) is 2. The molecule has 0 spiro atoms. The van der Waals surface area contributed by atoms with Crippen LogP contribution in [0.1, 0.15) is 24.9 Å². The number of hydrogen-bond donors (Lipinski definition) is 1. The predicted octanol–water partition coefficient (Wildman–Crippen LogP) is 3.38. The molecule has 1 atom stereocenters. The van der Waals surface area contributed by atoms with Crippen LogP contribution in [0.25, 0.3) is 10.2 Å². The summed E-state index contributed by atoms with van der Waals surface area (Å²) in [6.07, 6.45) is 1.69. The van der Waals surface area contributed by atoms with Gasteiger partial charge in [0.15, 0.2) is 0 Å². The van der Waals surface area contributed by atoms with E-state index in [1.807, 2.05) is 30.5 Å². The molecule has 0 radical (unpaired) electrons. The van der Waals surface area contributed by atoms with Gasteiger partial charge in [-0.3, -0.25) is 14.2 Å². The van der Waals surface area contributed by atoms with Crippen molar-refractivity contribution < 1.29 is 4.79 Å². The molecule has 0 saturated heterocycles. The second-order valence-corrected chi connectivity index (χ2v) is 6.75. The van der Waals surface area contributed by atoms with Crippen LogP contribution in [0.15, 0.2) is 46.8 Å². The zero-order valence-electron chi connectivity index (χ0n) is 13.0. The Labute approximate surface area is 147 Å². The highest BCUT2D eigenvalue weighted by atomic mass is 35.5. The van der Waals surface area contributed by atoms with Crippen molar-refractivity contribution in [1.29, 1.82) is 0 Å². The molecule has 1 unspecified atom stereocenters. The van der Waals surface area contributed by atoms with Crippen molar-refractivity contribution >= 4 is 39.1 Å². The molecule has 1 aromatic carbocycles. The van der Waals surface area contributed by atoms with Crippen molar-refractivity contribution in [2.24, 2.45) is 0 Å². The van der Waals surface area contributed by atoms with Gasteiger partial charge in [-0.2, -0.15) is 0 Å². The average molecular weight is 362 g/mol. The number of benzene rings is 1. The van der Waals surface area contributed by atoms with E-state index in [0.29, 0.717) is 21.8 Å². The molecule has 7 heteroatoms. The summed E-state index contributed by atoms with van der Waals surface area (Å²) in [4.78, 5) is 29.4. The van der Waals surface area contributed by atoms with E-state index in [4.69, 9.17) is 11.6 Å². The smallest absolute Gasteiger partial charge is 0.262 e. The number of carbonyl (C=O) groups is 1. The van der Waals surface area contributed by atoms with Crippen molar-refractivity contribution in [3.05, 3.63) is 63.0 Å². The van der Waals surface area contributed by atoms with Crippen LogP contribution in [-0.4, -0.2) is 15.5 Å². The second kappa shape index (κ2) is 7.15. The molecule has 5 nitrogen and oxygen atoms in total. The molecule has 3 aromatic rings. The fourth-order valence-electron chi connectivity index (χ4n) is 2.49. The molecule has 1 amide bonds. The van der Waals surface area contributed by atoms with Crippen LogP contribution in [0.3, 0.4) is 0 Å². The molecule has 3 rings (SSSR count). The fraction of sp³-hybridized carbons (Fsp3) is 0.235. The minimum absolute atomic E-state index is 0.117. The maximum absolute atomic E-state index is 12.3. The van der Waals surface area contributed by atoms with Crippen LogP contribution in [0, 0.1) is 0 Å². The first-order valence-corrected chi connectivity index (χ1v) is 8.78. The molecule has 0 fully saturated rings. The highest BCUT2D eigenvalue weighted by molar-refractivity contribution is 7.16. The molecule has 1 N–H and O–H groups in total. The quantitative estimate of drug-likeness (QED) is 0.757. The summed E-state index contributed by atoms with van der Waals surface area (Å²) in [5, 5.41) is 5.95. The monoisotopic (exact) mass is 361 g/mol. The predicted molar refractivity (Wildman–Crippen MR) is 96.5 cm³/mol. The third-order valence-corrected chi connectivity index (χ3v) is 4.94. The van der Waals surface area contributed by atoms with E-state index in [-0.39, 0.29) is 23.9 Å². The van der Waals surface area contributed by atoms with Crippen molar-refractivity contribution in [2.45, 2.75) is 25.9 Å². The number of fused-ring (bicyclic) bond motifs is 1. The number of aromatic nitrogens is 2. The summed E-state index contributed by atoms with van der Waals surface area (Å²) < 4.78 is 1.47. The van der Waals surface area contributed by atoms with E-state index in [1.165, 1.54) is 22.2 Å². The molecule has 24 heavy (non-hydrogen) atoms. The van der Waals surface area contributed by atoms with E-state index in [2.05, 4.69) is 10.3 Å². The molecular weight excluding hydrogens is 346 g/mol. The van der Waals surface area contributed by atoms with Gasteiger partial charge in [-0.15, -0.1) is 11.3 Å². The normalized spacial score (nSPS) is 12.2. The van der Waals surface area contributed by atoms with Gasteiger partial charge >= 0.3 is 0 Å². The van der Waals surface area contributed by atoms with E-state index in [1.54, 1.807) is 12.1 Å². The number of amides is 1. The van der Waals surface area contributed by atoms with Gasteiger partial charge < -0.3 is 5.32 Å². The molecule has 0 aliphatic heterocycles. The number of carbonyl (C=O) groups excluding carboxylic acids is 1. The highest BCUT2D eigenvalue weighted by Crippen LogP contribution is 2.22. The Hall–Kier alpha value is -2.18. The van der Waals surface area contributed by atoms with Gasteiger partial charge in [0.25, 0.3) is 5.56 Å². The minimum Gasteiger partial charge on any atom is -0.349 e. The molecule has 0 bridgehead atoms. The zero-order valence-corrected chi connectivity index (χ0v) is 14.6. The number of rotatable bonds is 5. The van der Waals surface area contributed by atoms with Gasteiger partial charge in [-0.05, 0) is 30.0 Å². The maximum Gasteiger partial charge on any atom is 0.262 e. The lowest BCUT2D eigenvalue weighted by Crippen LogP contribution is -2.29. The second-order valence-electron chi connectivity index (χ2n) is 5.44. The topological polar surface area (TPSA) is 64.0 Å². The lowest BCUT2D eigenvalue weighted by Gasteiger charge is -2.16. The first-order chi connectivity index (χ1) is 11.6. The SMILES string of the molecule is CC(NC(=O)CCn1cnc2sccc2c1=O)c1ccccc1Cl. The molecule has 124 valence electrons. The Morgan fingerprint density at radius 1 is 1.38 bits per heavy atom. The maximum atomic E-state index is 12.3. The Kier molecular flexibility index (Phi) is 4.97. The third-order valence-electron chi connectivity index (χ3n) is 3.78. The molecule has 0 aliphatic carbocycles. The number of halogens is 1. The molecule has 2 aromatic heterocycles. The van der Waals surface area contributed by atoms with Gasteiger partial charge in [0, 0.05) is 18.0 Å². The van der Waals surface area contributed by atoms with Crippen molar-refractivity contribution in [1.82, 2.24) is 14.9 Å². The van der Waals surface area contributed by atoms with Gasteiger partial charge in [0.1, 0.15) is 4.83 Å². The van der Waals surface area contributed by atoms with Crippen molar-refractivity contribution in [2.75, 3.05) is 0 Å². The fourth-order valence-corrected chi connectivity index (χ4v) is 3.51. The van der Waals surface area contributed by atoms with Crippen LogP contribution >= 0.6 is 22.9 Å². The lowest BCUT2D eigenvalue weighted by molar-refractivity contribution is -0.121. The van der Waals surface area contributed by atoms with E-state index in [9.17, 15) is 9.59 Å². The Bertz CT molecular complexity index is 935. The standard InChI is InChI=1S/C17H16ClN3O2S/c1-11(12-4-2-3-5-14(12)18)20-15(22)6-8-21-10-19-16-13(17(21)23)7-9-24-16/h2-5,7,9-11H,6,8H2,1H3,(H,20,22). The van der Waals surface area contributed by atoms with E-state index >= 15 is 0 Å². The Morgan fingerprint density at radius 3 is 2.96 bits per heavy atom. The number of hydrogen-bond acceptors (Lipinski definition) is 4. The summed E-state index contributed by atoms with van der Waals surface area (Å²) >= 11 is 7.56. The lowest BCUT2D eigenvalue weighted by atomic mass is 10.1. The van der Waals surface area contributed by atoms with Crippen LogP contribution in [0.5, 0.6) is 0 Å². The summed E-state index contributed by atoms with van der Waals surface area (Å²) in [5.74, 6) is -0.139. The average Bonchev–Trinajstić information content (AvgIpc) is 3.04. The van der Waals surface area contributed by atoms with Crippen molar-refractivity contribution in [3.63, 3.8) is 0 Å². The molecule has 2 heterocycles. The molecule has 0 aliphatic rings. The zero-order chi connectivity index (χ0) is 17.1. The first-order valence-electron chi connectivity index (χ1n) is 7.52. The van der Waals surface area contributed by atoms with Gasteiger partial charge in [-0.1, -0.05) is 29.8 Å². The summed E-state index contributed by atoms with van der Waals surface area (Å²) in [7, 11) is 0. The minimum atomic E-state index is -0.194. The van der Waals surface area contributed by atoms with Gasteiger partial charge in [0.05, 0.1) is 17.8 Å². The third kappa shape index (κ3) is 3.49.